The zero-order chi connectivity index (χ0) is 34.5. The van der Waals surface area contributed by atoms with Crippen molar-refractivity contribution in [2.75, 3.05) is 10.6 Å². The van der Waals surface area contributed by atoms with Crippen LogP contribution < -0.4 is 10.6 Å². The summed E-state index contributed by atoms with van der Waals surface area (Å²) in [5.74, 6) is 11.2. The van der Waals surface area contributed by atoms with Crippen LogP contribution in [-0.4, -0.2) is 48.4 Å². The van der Waals surface area contributed by atoms with Crippen molar-refractivity contribution in [3.8, 4) is 46.6 Å². The lowest BCUT2D eigenvalue weighted by Crippen LogP contribution is -2.16. The summed E-state index contributed by atoms with van der Waals surface area (Å²) in [5.41, 5.74) is 9.07. The van der Waals surface area contributed by atoms with Crippen LogP contribution in [0.15, 0.2) is 85.2 Å². The summed E-state index contributed by atoms with van der Waals surface area (Å²) in [6.07, 6.45) is 13.9. The van der Waals surface area contributed by atoms with Crippen LogP contribution in [0.1, 0.15) is 60.0 Å². The molecule has 248 valence electrons. The molecule has 8 rings (SSSR count). The normalized spacial score (nSPS) is 13.6. The lowest BCUT2D eigenvalue weighted by atomic mass is 10.2. The second-order valence-corrected chi connectivity index (χ2v) is 18.3. The molecule has 0 bridgehead atoms. The van der Waals surface area contributed by atoms with Crippen LogP contribution in [0.25, 0.3) is 22.8 Å². The molecule has 10 nitrogen and oxygen atoms in total. The van der Waals surface area contributed by atoms with E-state index in [1.165, 1.54) is 31.4 Å². The van der Waals surface area contributed by atoms with E-state index in [9.17, 15) is 0 Å². The molecule has 50 heavy (non-hydrogen) atoms. The topological polar surface area (TPSA) is 133 Å². The van der Waals surface area contributed by atoms with Gasteiger partial charge in [-0.3, -0.25) is 10.2 Å². The van der Waals surface area contributed by atoms with Crippen molar-refractivity contribution in [2.24, 2.45) is 0 Å². The molecule has 6 aromatic rings. The molecule has 0 spiro atoms. The molecule has 0 radical (unpaired) electrons. The van der Waals surface area contributed by atoms with Crippen LogP contribution in [0.5, 0.6) is 0 Å². The summed E-state index contributed by atoms with van der Waals surface area (Å²) in [5, 5.41) is 21.4. The molecule has 0 aliphatic heterocycles. The van der Waals surface area contributed by atoms with Crippen molar-refractivity contribution in [3.63, 3.8) is 0 Å². The summed E-state index contributed by atoms with van der Waals surface area (Å²) in [4.78, 5) is 18.2. The Morgan fingerprint density at radius 2 is 1.14 bits per heavy atom. The average molecular weight is 675 g/mol. The SMILES string of the molecule is C#Cc1cnc(-c2ccccc2)nc1Nc1cc(C2CC2)[nH]n1.C[Si](C)(C)C#Cc1cnc(-c2ccccc2)nc1Nc1cc(C2CC2)[nH]n1. The van der Waals surface area contributed by atoms with Crippen LogP contribution in [0.3, 0.4) is 0 Å². The van der Waals surface area contributed by atoms with E-state index in [1.807, 2.05) is 66.7 Å². The predicted molar refractivity (Wildman–Crippen MR) is 201 cm³/mol. The number of H-pyrrole nitrogens is 2. The first kappa shape index (κ1) is 32.5. The summed E-state index contributed by atoms with van der Waals surface area (Å²) in [7, 11) is -1.50. The number of nitrogens with one attached hydrogen (secondary N) is 4. The number of aromatic amines is 2. The Bertz CT molecular complexity index is 2190. The highest BCUT2D eigenvalue weighted by Crippen LogP contribution is 2.40. The number of nitrogens with zero attached hydrogens (tertiary/aromatic N) is 6. The van der Waals surface area contributed by atoms with Gasteiger partial charge in [-0.25, -0.2) is 19.9 Å². The highest BCUT2D eigenvalue weighted by atomic mass is 28.3. The van der Waals surface area contributed by atoms with Crippen LogP contribution in [0.4, 0.5) is 23.3 Å². The second-order valence-electron chi connectivity index (χ2n) is 13.5. The third-order valence-electron chi connectivity index (χ3n) is 8.09. The van der Waals surface area contributed by atoms with E-state index in [2.05, 4.69) is 89.1 Å². The monoisotopic (exact) mass is 674 g/mol. The van der Waals surface area contributed by atoms with Crippen LogP contribution in [-0.2, 0) is 0 Å². The number of hydrogen-bond donors (Lipinski definition) is 4. The molecule has 0 amide bonds. The van der Waals surface area contributed by atoms with Crippen molar-refractivity contribution in [3.05, 3.63) is 108 Å². The van der Waals surface area contributed by atoms with Gasteiger partial charge in [0.1, 0.15) is 8.07 Å². The first-order valence-electron chi connectivity index (χ1n) is 16.8. The number of rotatable bonds is 8. The van der Waals surface area contributed by atoms with Gasteiger partial charge in [0.2, 0.25) is 0 Å². The number of benzene rings is 2. The fourth-order valence-corrected chi connectivity index (χ4v) is 5.62. The lowest BCUT2D eigenvalue weighted by Gasteiger charge is -2.08. The zero-order valence-corrected chi connectivity index (χ0v) is 29.3. The second kappa shape index (κ2) is 14.2. The number of aromatic nitrogens is 8. The molecule has 4 N–H and O–H groups in total. The first-order valence-corrected chi connectivity index (χ1v) is 20.3. The summed E-state index contributed by atoms with van der Waals surface area (Å²) in [6.45, 7) is 6.67. The van der Waals surface area contributed by atoms with E-state index >= 15 is 0 Å². The van der Waals surface area contributed by atoms with Crippen molar-refractivity contribution < 1.29 is 0 Å². The molecule has 4 aromatic heterocycles. The van der Waals surface area contributed by atoms with Gasteiger partial charge < -0.3 is 10.6 Å². The molecule has 2 aliphatic rings. The minimum Gasteiger partial charge on any atom is -0.322 e. The minimum absolute atomic E-state index is 0.593. The maximum absolute atomic E-state index is 5.56. The molecule has 2 aromatic carbocycles. The number of terminal acetylenes is 1. The fraction of sp³-hybridized carbons (Fsp3) is 0.231. The molecule has 2 saturated carbocycles. The summed E-state index contributed by atoms with van der Waals surface area (Å²) >= 11 is 0. The van der Waals surface area contributed by atoms with Gasteiger partial charge >= 0.3 is 0 Å². The highest BCUT2D eigenvalue weighted by Gasteiger charge is 2.26. The van der Waals surface area contributed by atoms with Gasteiger partial charge in [0, 0.05) is 58.9 Å². The zero-order valence-electron chi connectivity index (χ0n) is 28.3. The van der Waals surface area contributed by atoms with Crippen molar-refractivity contribution in [1.29, 1.82) is 0 Å². The Morgan fingerprint density at radius 1 is 0.680 bits per heavy atom. The number of anilines is 4. The third kappa shape index (κ3) is 8.32. The molecule has 2 fully saturated rings. The summed E-state index contributed by atoms with van der Waals surface area (Å²) < 4.78 is 0. The molecular formula is C39H38N10Si. The Labute approximate surface area is 293 Å². The van der Waals surface area contributed by atoms with Crippen molar-refractivity contribution in [2.45, 2.75) is 57.2 Å². The van der Waals surface area contributed by atoms with Crippen molar-refractivity contribution in [1.82, 2.24) is 40.3 Å². The maximum Gasteiger partial charge on any atom is 0.161 e. The van der Waals surface area contributed by atoms with Gasteiger partial charge in [0.05, 0.1) is 11.1 Å². The minimum atomic E-state index is -1.50. The van der Waals surface area contributed by atoms with E-state index in [0.29, 0.717) is 40.7 Å². The third-order valence-corrected chi connectivity index (χ3v) is 8.97. The maximum atomic E-state index is 5.56. The molecule has 0 saturated heterocycles. The van der Waals surface area contributed by atoms with Crippen LogP contribution in [0.2, 0.25) is 19.6 Å². The van der Waals surface area contributed by atoms with Gasteiger partial charge in [0.25, 0.3) is 0 Å². The van der Waals surface area contributed by atoms with Crippen LogP contribution >= 0.6 is 0 Å². The van der Waals surface area contributed by atoms with E-state index < -0.39 is 8.07 Å². The quantitative estimate of drug-likeness (QED) is 0.0939. The molecule has 0 unspecified atom stereocenters. The molecule has 11 heteroatoms. The van der Waals surface area contributed by atoms with Gasteiger partial charge in [-0.1, -0.05) is 92.1 Å². The Balaban J connectivity index is 0.000000159. The predicted octanol–water partition coefficient (Wildman–Crippen LogP) is 8.19. The average Bonchev–Trinajstić information content (AvgIpc) is 4.08. The van der Waals surface area contributed by atoms with Crippen LogP contribution in [0, 0.1) is 23.8 Å². The van der Waals surface area contributed by atoms with Gasteiger partial charge in [-0.15, -0.1) is 12.0 Å². The smallest absolute Gasteiger partial charge is 0.161 e. The Morgan fingerprint density at radius 3 is 1.58 bits per heavy atom. The van der Waals surface area contributed by atoms with Gasteiger partial charge in [-0.05, 0) is 25.7 Å². The Kier molecular flexibility index (Phi) is 9.24. The molecule has 4 heterocycles. The largest absolute Gasteiger partial charge is 0.322 e. The van der Waals surface area contributed by atoms with E-state index in [1.54, 1.807) is 12.4 Å². The summed E-state index contributed by atoms with van der Waals surface area (Å²) in [6, 6.07) is 23.9. The highest BCUT2D eigenvalue weighted by molar-refractivity contribution is 6.83. The van der Waals surface area contributed by atoms with E-state index in [4.69, 9.17) is 11.4 Å². The molecule has 0 atom stereocenters. The van der Waals surface area contributed by atoms with E-state index in [-0.39, 0.29) is 0 Å². The lowest BCUT2D eigenvalue weighted by molar-refractivity contribution is 0.966. The standard InChI is InChI=1S/C21H23N5Si.C18H15N5/c1-27(2,3)12-11-17-14-22-20(16-7-5-4-6-8-16)24-21(17)23-19-13-18(25-26-19)15-9-10-15;1-2-12-11-19-17(14-6-4-3-5-7-14)21-18(12)20-16-10-15(22-23-16)13-8-9-13/h4-8,13-15H,9-10H2,1-3H3,(H2,22,23,24,25,26);1,3-7,10-11,13H,8-9H2,(H2,19,20,21,22,23). The fourth-order valence-electron chi connectivity index (χ4n) is 5.11. The van der Waals surface area contributed by atoms with E-state index in [0.717, 1.165) is 34.0 Å². The first-order chi connectivity index (χ1) is 24.3. The molecule has 2 aliphatic carbocycles. The van der Waals surface area contributed by atoms with Gasteiger partial charge in [0.15, 0.2) is 34.9 Å². The van der Waals surface area contributed by atoms with Crippen molar-refractivity contribution >= 4 is 31.3 Å². The number of hydrogen-bond acceptors (Lipinski definition) is 8. The Hall–Kier alpha value is -6.04. The molecular weight excluding hydrogens is 637 g/mol. The van der Waals surface area contributed by atoms with Gasteiger partial charge in [-0.2, -0.15) is 10.2 Å².